The second kappa shape index (κ2) is 5.97. The summed E-state index contributed by atoms with van der Waals surface area (Å²) in [6.45, 7) is 0.607. The van der Waals surface area contributed by atoms with Crippen LogP contribution in [-0.4, -0.2) is 4.92 Å². The van der Waals surface area contributed by atoms with Crippen LogP contribution in [0.3, 0.4) is 0 Å². The highest BCUT2D eigenvalue weighted by Gasteiger charge is 2.15. The zero-order chi connectivity index (χ0) is 13.7. The summed E-state index contributed by atoms with van der Waals surface area (Å²) in [5.74, 6) is 0.247. The van der Waals surface area contributed by atoms with Gasteiger partial charge in [0.2, 0.25) is 0 Å². The number of nitro benzene ring substituents is 1. The van der Waals surface area contributed by atoms with Crippen LogP contribution in [0.4, 0.5) is 5.69 Å². The van der Waals surface area contributed by atoms with Gasteiger partial charge < -0.3 is 10.5 Å². The van der Waals surface area contributed by atoms with Gasteiger partial charge >= 0.3 is 5.69 Å². The standard InChI is InChI=1S/C14H14N2O3/c15-9-12-6-7-13(16(17)18)14(8-12)19-10-11-4-2-1-3-5-11/h1-8H,9-10,15H2. The van der Waals surface area contributed by atoms with Gasteiger partial charge in [-0.3, -0.25) is 10.1 Å². The minimum atomic E-state index is -0.458. The number of nitrogens with two attached hydrogens (primary N) is 1. The van der Waals surface area contributed by atoms with Crippen LogP contribution in [0.5, 0.6) is 5.75 Å². The first-order chi connectivity index (χ1) is 9.20. The molecule has 98 valence electrons. The van der Waals surface area contributed by atoms with Gasteiger partial charge in [-0.05, 0) is 17.2 Å². The van der Waals surface area contributed by atoms with Crippen molar-refractivity contribution in [3.63, 3.8) is 0 Å². The number of hydrogen-bond acceptors (Lipinski definition) is 4. The lowest BCUT2D eigenvalue weighted by Crippen LogP contribution is -2.02. The molecule has 0 fully saturated rings. The molecule has 0 aliphatic rings. The second-order valence-electron chi connectivity index (χ2n) is 4.04. The van der Waals surface area contributed by atoms with Crippen LogP contribution in [0.2, 0.25) is 0 Å². The van der Waals surface area contributed by atoms with Gasteiger partial charge in [-0.15, -0.1) is 0 Å². The normalized spacial score (nSPS) is 10.2. The summed E-state index contributed by atoms with van der Waals surface area (Å²) in [4.78, 5) is 10.5. The predicted molar refractivity (Wildman–Crippen MR) is 71.8 cm³/mol. The first-order valence-electron chi connectivity index (χ1n) is 5.85. The maximum atomic E-state index is 10.9. The van der Waals surface area contributed by atoms with Crippen molar-refractivity contribution in [2.24, 2.45) is 5.73 Å². The highest BCUT2D eigenvalue weighted by atomic mass is 16.6. The number of rotatable bonds is 5. The Hall–Kier alpha value is -2.40. The van der Waals surface area contributed by atoms with Crippen LogP contribution in [0, 0.1) is 10.1 Å². The van der Waals surface area contributed by atoms with Crippen LogP contribution in [0.15, 0.2) is 48.5 Å². The molecule has 0 amide bonds. The SMILES string of the molecule is NCc1ccc([N+](=O)[O-])c(OCc2ccccc2)c1. The van der Waals surface area contributed by atoms with Crippen LogP contribution in [0.1, 0.15) is 11.1 Å². The lowest BCUT2D eigenvalue weighted by Gasteiger charge is -2.08. The van der Waals surface area contributed by atoms with Gasteiger partial charge in [-0.1, -0.05) is 36.4 Å². The van der Waals surface area contributed by atoms with Crippen molar-refractivity contribution in [2.75, 3.05) is 0 Å². The predicted octanol–water partition coefficient (Wildman–Crippen LogP) is 2.63. The van der Waals surface area contributed by atoms with Gasteiger partial charge in [0.15, 0.2) is 5.75 Å². The topological polar surface area (TPSA) is 78.4 Å². The summed E-state index contributed by atoms with van der Waals surface area (Å²) in [6.07, 6.45) is 0. The molecule has 2 aromatic rings. The highest BCUT2D eigenvalue weighted by Crippen LogP contribution is 2.28. The molecule has 0 bridgehead atoms. The molecule has 0 aliphatic heterocycles. The van der Waals surface area contributed by atoms with E-state index in [9.17, 15) is 10.1 Å². The molecule has 2 rings (SSSR count). The average Bonchev–Trinajstić information content (AvgIpc) is 2.45. The number of hydrogen-bond donors (Lipinski definition) is 1. The summed E-state index contributed by atoms with van der Waals surface area (Å²) in [5, 5.41) is 10.9. The van der Waals surface area contributed by atoms with Crippen LogP contribution in [0.25, 0.3) is 0 Å². The fourth-order valence-corrected chi connectivity index (χ4v) is 1.69. The number of nitrogens with zero attached hydrogens (tertiary/aromatic N) is 1. The van der Waals surface area contributed by atoms with Crippen LogP contribution < -0.4 is 10.5 Å². The van der Waals surface area contributed by atoms with Gasteiger partial charge in [0, 0.05) is 12.6 Å². The Morgan fingerprint density at radius 3 is 2.47 bits per heavy atom. The van der Waals surface area contributed by atoms with E-state index in [1.54, 1.807) is 12.1 Å². The Morgan fingerprint density at radius 1 is 1.11 bits per heavy atom. The number of ether oxygens (including phenoxy) is 1. The Morgan fingerprint density at radius 2 is 1.84 bits per heavy atom. The van der Waals surface area contributed by atoms with Gasteiger partial charge in [0.25, 0.3) is 0 Å². The molecule has 19 heavy (non-hydrogen) atoms. The maximum Gasteiger partial charge on any atom is 0.310 e. The zero-order valence-electron chi connectivity index (χ0n) is 10.3. The molecule has 2 N–H and O–H groups in total. The Balaban J connectivity index is 2.20. The minimum Gasteiger partial charge on any atom is -0.482 e. The molecule has 0 saturated heterocycles. The molecule has 0 heterocycles. The summed E-state index contributed by atoms with van der Waals surface area (Å²) in [5.41, 5.74) is 7.23. The summed E-state index contributed by atoms with van der Waals surface area (Å²) >= 11 is 0. The monoisotopic (exact) mass is 258 g/mol. The molecule has 0 aliphatic carbocycles. The molecule has 0 spiro atoms. The zero-order valence-corrected chi connectivity index (χ0v) is 10.3. The van der Waals surface area contributed by atoms with E-state index in [2.05, 4.69) is 0 Å². The first kappa shape index (κ1) is 13.0. The highest BCUT2D eigenvalue weighted by molar-refractivity contribution is 5.48. The molecule has 0 unspecified atom stereocenters. The third kappa shape index (κ3) is 3.29. The Kier molecular flexibility index (Phi) is 4.10. The van der Waals surface area contributed by atoms with Gasteiger partial charge in [0.05, 0.1) is 4.92 Å². The Labute approximate surface area is 110 Å². The molecule has 5 nitrogen and oxygen atoms in total. The van der Waals surface area contributed by atoms with Gasteiger partial charge in [0.1, 0.15) is 6.61 Å². The maximum absolute atomic E-state index is 10.9. The van der Waals surface area contributed by atoms with E-state index in [1.807, 2.05) is 30.3 Å². The van der Waals surface area contributed by atoms with Crippen molar-refractivity contribution in [3.8, 4) is 5.75 Å². The van der Waals surface area contributed by atoms with E-state index >= 15 is 0 Å². The van der Waals surface area contributed by atoms with E-state index in [1.165, 1.54) is 6.07 Å². The molecule has 0 radical (unpaired) electrons. The van der Waals surface area contributed by atoms with Crippen molar-refractivity contribution in [2.45, 2.75) is 13.2 Å². The molecule has 2 aromatic carbocycles. The summed E-state index contributed by atoms with van der Waals surface area (Å²) in [6, 6.07) is 14.2. The first-order valence-corrected chi connectivity index (χ1v) is 5.85. The van der Waals surface area contributed by atoms with Gasteiger partial charge in [-0.25, -0.2) is 0 Å². The smallest absolute Gasteiger partial charge is 0.310 e. The van der Waals surface area contributed by atoms with E-state index in [-0.39, 0.29) is 18.0 Å². The quantitative estimate of drug-likeness (QED) is 0.660. The lowest BCUT2D eigenvalue weighted by molar-refractivity contribution is -0.386. The molecular weight excluding hydrogens is 244 g/mol. The minimum absolute atomic E-state index is 0.0480. The Bertz CT molecular complexity index is 570. The van der Waals surface area contributed by atoms with Gasteiger partial charge in [-0.2, -0.15) is 0 Å². The van der Waals surface area contributed by atoms with E-state index in [4.69, 9.17) is 10.5 Å². The molecule has 5 heteroatoms. The third-order valence-electron chi connectivity index (χ3n) is 2.69. The number of nitro groups is 1. The average molecular weight is 258 g/mol. The fraction of sp³-hybridized carbons (Fsp3) is 0.143. The van der Waals surface area contributed by atoms with Crippen molar-refractivity contribution < 1.29 is 9.66 Å². The summed E-state index contributed by atoms with van der Waals surface area (Å²) in [7, 11) is 0. The largest absolute Gasteiger partial charge is 0.482 e. The lowest BCUT2D eigenvalue weighted by atomic mass is 10.2. The molecule has 0 aromatic heterocycles. The molecular formula is C14H14N2O3. The second-order valence-corrected chi connectivity index (χ2v) is 4.04. The third-order valence-corrected chi connectivity index (χ3v) is 2.69. The van der Waals surface area contributed by atoms with Crippen molar-refractivity contribution in [3.05, 3.63) is 69.8 Å². The van der Waals surface area contributed by atoms with Crippen molar-refractivity contribution >= 4 is 5.69 Å². The van der Waals surface area contributed by atoms with Crippen LogP contribution in [-0.2, 0) is 13.2 Å². The van der Waals surface area contributed by atoms with E-state index in [0.29, 0.717) is 6.54 Å². The van der Waals surface area contributed by atoms with Crippen LogP contribution >= 0.6 is 0 Å². The van der Waals surface area contributed by atoms with E-state index in [0.717, 1.165) is 11.1 Å². The summed E-state index contributed by atoms with van der Waals surface area (Å²) < 4.78 is 5.53. The van der Waals surface area contributed by atoms with Crippen molar-refractivity contribution in [1.29, 1.82) is 0 Å². The molecule has 0 atom stereocenters. The van der Waals surface area contributed by atoms with E-state index < -0.39 is 4.92 Å². The number of benzene rings is 2. The fourth-order valence-electron chi connectivity index (χ4n) is 1.69. The van der Waals surface area contributed by atoms with Crippen molar-refractivity contribution in [1.82, 2.24) is 0 Å². The molecule has 0 saturated carbocycles.